The highest BCUT2D eigenvalue weighted by molar-refractivity contribution is 5.79. The molecule has 0 aliphatic heterocycles. The predicted octanol–water partition coefficient (Wildman–Crippen LogP) is 2.89. The van der Waals surface area contributed by atoms with Gasteiger partial charge in [-0.1, -0.05) is 12.1 Å². The number of aromatic nitrogens is 1. The van der Waals surface area contributed by atoms with Crippen molar-refractivity contribution >= 4 is 16.9 Å². The van der Waals surface area contributed by atoms with Crippen LogP contribution < -0.4 is 0 Å². The molecule has 0 bridgehead atoms. The molecule has 1 heterocycles. The third-order valence-corrected chi connectivity index (χ3v) is 2.48. The number of fused-ring (bicyclic) bond motifs is 1. The van der Waals surface area contributed by atoms with Crippen LogP contribution in [-0.2, 0) is 15.5 Å². The van der Waals surface area contributed by atoms with E-state index < -0.39 is 18.5 Å². The van der Waals surface area contributed by atoms with Gasteiger partial charge in [-0.3, -0.25) is 9.78 Å². The lowest BCUT2D eigenvalue weighted by Gasteiger charge is -2.16. The second-order valence-corrected chi connectivity index (χ2v) is 3.90. The molecule has 0 unspecified atom stereocenters. The molecule has 94 valence electrons. The second-order valence-electron chi connectivity index (χ2n) is 3.90. The molecule has 2 aromatic rings. The molecule has 0 aliphatic carbocycles. The average molecular weight is 251 g/mol. The molecule has 0 saturated heterocycles. The summed E-state index contributed by atoms with van der Waals surface area (Å²) in [6.45, 7) is 0.147. The Labute approximate surface area is 102 Å². The number of carbonyl (C=O) groups excluding carboxylic acids is 1. The van der Waals surface area contributed by atoms with Crippen molar-refractivity contribution in [2.24, 2.45) is 0 Å². The summed E-state index contributed by atoms with van der Waals surface area (Å²) in [5.41, 5.74) is 0.453. The standard InChI is InChI=1S/C13H11F2NO2/c1-9(17)18-8-13(14,15)11-4-5-12-10(7-11)3-2-6-16-12/h2-7H,8H2,1H3. The lowest BCUT2D eigenvalue weighted by Crippen LogP contribution is -2.22. The van der Waals surface area contributed by atoms with Crippen molar-refractivity contribution in [1.29, 1.82) is 0 Å². The Morgan fingerprint density at radius 1 is 1.39 bits per heavy atom. The van der Waals surface area contributed by atoms with Gasteiger partial charge in [0.25, 0.3) is 0 Å². The molecule has 2 rings (SSSR count). The molecule has 0 aliphatic rings. The number of benzene rings is 1. The topological polar surface area (TPSA) is 39.2 Å². The highest BCUT2D eigenvalue weighted by Crippen LogP contribution is 2.30. The summed E-state index contributed by atoms with van der Waals surface area (Å²) < 4.78 is 31.9. The van der Waals surface area contributed by atoms with Gasteiger partial charge in [-0.2, -0.15) is 8.78 Å². The maximum atomic E-state index is 13.7. The minimum atomic E-state index is -3.20. The Bertz CT molecular complexity index is 584. The molecule has 1 aromatic carbocycles. The molecule has 0 spiro atoms. The van der Waals surface area contributed by atoms with E-state index in [1.54, 1.807) is 18.3 Å². The number of esters is 1. The fraction of sp³-hybridized carbons (Fsp3) is 0.231. The normalized spacial score (nSPS) is 11.5. The lowest BCUT2D eigenvalue weighted by atomic mass is 10.1. The van der Waals surface area contributed by atoms with Crippen LogP contribution in [0.25, 0.3) is 10.9 Å². The summed E-state index contributed by atoms with van der Waals surface area (Å²) in [7, 11) is 0. The maximum Gasteiger partial charge on any atom is 0.306 e. The van der Waals surface area contributed by atoms with Gasteiger partial charge >= 0.3 is 11.9 Å². The number of ether oxygens (including phenoxy) is 1. The summed E-state index contributed by atoms with van der Waals surface area (Å²) >= 11 is 0. The summed E-state index contributed by atoms with van der Waals surface area (Å²) in [5, 5.41) is 0.623. The molecule has 0 amide bonds. The first kappa shape index (κ1) is 12.4. The fourth-order valence-electron chi connectivity index (χ4n) is 1.58. The third-order valence-electron chi connectivity index (χ3n) is 2.48. The Hall–Kier alpha value is -2.04. The summed E-state index contributed by atoms with van der Waals surface area (Å²) in [5.74, 6) is -3.92. The number of alkyl halides is 2. The fourth-order valence-corrected chi connectivity index (χ4v) is 1.58. The molecule has 0 fully saturated rings. The van der Waals surface area contributed by atoms with Crippen LogP contribution in [0.1, 0.15) is 12.5 Å². The zero-order valence-corrected chi connectivity index (χ0v) is 9.69. The minimum absolute atomic E-state index is 0.191. The number of halogens is 2. The number of hydrogen-bond donors (Lipinski definition) is 0. The molecule has 0 N–H and O–H groups in total. The molecule has 5 heteroatoms. The van der Waals surface area contributed by atoms with Crippen LogP contribution in [-0.4, -0.2) is 17.6 Å². The lowest BCUT2D eigenvalue weighted by molar-refractivity contribution is -0.153. The van der Waals surface area contributed by atoms with Gasteiger partial charge in [0.2, 0.25) is 0 Å². The number of carbonyl (C=O) groups is 1. The van der Waals surface area contributed by atoms with Crippen LogP contribution >= 0.6 is 0 Å². The number of hydrogen-bond acceptors (Lipinski definition) is 3. The third kappa shape index (κ3) is 2.61. The smallest absolute Gasteiger partial charge is 0.306 e. The van der Waals surface area contributed by atoms with E-state index in [0.717, 1.165) is 6.92 Å². The van der Waals surface area contributed by atoms with Gasteiger partial charge in [0, 0.05) is 24.1 Å². The van der Waals surface area contributed by atoms with Crippen molar-refractivity contribution in [3.05, 3.63) is 42.1 Å². The van der Waals surface area contributed by atoms with Gasteiger partial charge < -0.3 is 4.74 Å². The van der Waals surface area contributed by atoms with Gasteiger partial charge in [-0.15, -0.1) is 0 Å². The first-order chi connectivity index (χ1) is 8.49. The van der Waals surface area contributed by atoms with E-state index >= 15 is 0 Å². The molecule has 0 atom stereocenters. The minimum Gasteiger partial charge on any atom is -0.459 e. The van der Waals surface area contributed by atoms with Crippen molar-refractivity contribution in [1.82, 2.24) is 4.98 Å². The zero-order chi connectivity index (χ0) is 13.2. The molecule has 1 aromatic heterocycles. The monoisotopic (exact) mass is 251 g/mol. The first-order valence-corrected chi connectivity index (χ1v) is 5.35. The van der Waals surface area contributed by atoms with Crippen molar-refractivity contribution < 1.29 is 18.3 Å². The van der Waals surface area contributed by atoms with Crippen LogP contribution in [0.2, 0.25) is 0 Å². The highest BCUT2D eigenvalue weighted by Gasteiger charge is 2.33. The van der Waals surface area contributed by atoms with E-state index in [0.29, 0.717) is 10.9 Å². The highest BCUT2D eigenvalue weighted by atomic mass is 19.3. The van der Waals surface area contributed by atoms with Gasteiger partial charge in [-0.25, -0.2) is 0 Å². The van der Waals surface area contributed by atoms with E-state index in [9.17, 15) is 13.6 Å². The van der Waals surface area contributed by atoms with Crippen LogP contribution in [0.5, 0.6) is 0 Å². The van der Waals surface area contributed by atoms with E-state index in [1.165, 1.54) is 18.2 Å². The van der Waals surface area contributed by atoms with Gasteiger partial charge in [0.05, 0.1) is 5.52 Å². The van der Waals surface area contributed by atoms with Gasteiger partial charge in [-0.05, 0) is 18.2 Å². The Kier molecular flexibility index (Phi) is 3.23. The molecule has 18 heavy (non-hydrogen) atoms. The Morgan fingerprint density at radius 3 is 2.89 bits per heavy atom. The zero-order valence-electron chi connectivity index (χ0n) is 9.69. The van der Waals surface area contributed by atoms with E-state index in [-0.39, 0.29) is 5.56 Å². The summed E-state index contributed by atoms with van der Waals surface area (Å²) in [6.07, 6.45) is 1.60. The summed E-state index contributed by atoms with van der Waals surface area (Å²) in [6, 6.07) is 7.54. The molecular formula is C13H11F2NO2. The SMILES string of the molecule is CC(=O)OCC(F)(F)c1ccc2ncccc2c1. The van der Waals surface area contributed by atoms with Gasteiger partial charge in [0.1, 0.15) is 0 Å². The van der Waals surface area contributed by atoms with Crippen molar-refractivity contribution in [2.45, 2.75) is 12.8 Å². The number of nitrogens with zero attached hydrogens (tertiary/aromatic N) is 1. The number of rotatable bonds is 3. The average Bonchev–Trinajstić information content (AvgIpc) is 2.36. The predicted molar refractivity (Wildman–Crippen MR) is 62.3 cm³/mol. The van der Waals surface area contributed by atoms with E-state index in [2.05, 4.69) is 9.72 Å². The molecule has 0 saturated carbocycles. The van der Waals surface area contributed by atoms with E-state index in [1.807, 2.05) is 0 Å². The molecule has 3 nitrogen and oxygen atoms in total. The van der Waals surface area contributed by atoms with Crippen LogP contribution in [0, 0.1) is 0 Å². The largest absolute Gasteiger partial charge is 0.459 e. The Balaban J connectivity index is 2.32. The molecular weight excluding hydrogens is 240 g/mol. The van der Waals surface area contributed by atoms with Crippen molar-refractivity contribution in [3.63, 3.8) is 0 Å². The maximum absolute atomic E-state index is 13.7. The van der Waals surface area contributed by atoms with E-state index in [4.69, 9.17) is 0 Å². The van der Waals surface area contributed by atoms with Gasteiger partial charge in [0.15, 0.2) is 6.61 Å². The Morgan fingerprint density at radius 2 is 2.17 bits per heavy atom. The quantitative estimate of drug-likeness (QED) is 0.787. The van der Waals surface area contributed by atoms with Crippen LogP contribution in [0.15, 0.2) is 36.5 Å². The van der Waals surface area contributed by atoms with Crippen LogP contribution in [0.3, 0.4) is 0 Å². The second kappa shape index (κ2) is 4.68. The van der Waals surface area contributed by atoms with Crippen LogP contribution in [0.4, 0.5) is 8.78 Å². The summed E-state index contributed by atoms with van der Waals surface area (Å²) in [4.78, 5) is 14.6. The molecule has 0 radical (unpaired) electrons. The number of pyridine rings is 1. The van der Waals surface area contributed by atoms with Crippen molar-refractivity contribution in [2.75, 3.05) is 6.61 Å². The van der Waals surface area contributed by atoms with Crippen molar-refractivity contribution in [3.8, 4) is 0 Å². The first-order valence-electron chi connectivity index (χ1n) is 5.35.